The van der Waals surface area contributed by atoms with Crippen LogP contribution in [0.2, 0.25) is 0 Å². The predicted molar refractivity (Wildman–Crippen MR) is 85.8 cm³/mol. The van der Waals surface area contributed by atoms with Gasteiger partial charge in [-0.3, -0.25) is 4.68 Å². The van der Waals surface area contributed by atoms with Gasteiger partial charge in [0.2, 0.25) is 0 Å². The van der Waals surface area contributed by atoms with Crippen LogP contribution in [0.25, 0.3) is 0 Å². The van der Waals surface area contributed by atoms with Crippen molar-refractivity contribution in [2.24, 2.45) is 0 Å². The van der Waals surface area contributed by atoms with E-state index in [4.69, 9.17) is 4.74 Å². The second kappa shape index (κ2) is 7.27. The lowest BCUT2D eigenvalue weighted by molar-refractivity contribution is 0.391. The Labute approximate surface area is 127 Å². The van der Waals surface area contributed by atoms with Crippen molar-refractivity contribution in [3.63, 3.8) is 0 Å². The molecule has 1 heterocycles. The molecule has 0 radical (unpaired) electrons. The van der Waals surface area contributed by atoms with Gasteiger partial charge in [0.25, 0.3) is 0 Å². The minimum atomic E-state index is 0.238. The van der Waals surface area contributed by atoms with Crippen LogP contribution in [-0.4, -0.2) is 23.9 Å². The SMILES string of the molecule is CCn1ncc(OC)c1C(CCc1ccccc1C)NC. The molecule has 4 nitrogen and oxygen atoms in total. The maximum atomic E-state index is 5.46. The molecule has 1 aromatic carbocycles. The van der Waals surface area contributed by atoms with Gasteiger partial charge in [0.1, 0.15) is 0 Å². The van der Waals surface area contributed by atoms with E-state index < -0.39 is 0 Å². The summed E-state index contributed by atoms with van der Waals surface area (Å²) in [5.74, 6) is 0.862. The minimum Gasteiger partial charge on any atom is -0.493 e. The van der Waals surface area contributed by atoms with E-state index in [0.717, 1.165) is 30.8 Å². The molecule has 0 amide bonds. The molecule has 0 saturated carbocycles. The molecule has 1 aromatic heterocycles. The molecule has 0 saturated heterocycles. The summed E-state index contributed by atoms with van der Waals surface area (Å²) in [5, 5.41) is 7.80. The molecule has 0 spiro atoms. The molecule has 0 aliphatic rings. The highest BCUT2D eigenvalue weighted by atomic mass is 16.5. The van der Waals surface area contributed by atoms with Crippen LogP contribution in [0.5, 0.6) is 5.75 Å². The molecule has 0 fully saturated rings. The summed E-state index contributed by atoms with van der Waals surface area (Å²) >= 11 is 0. The molecule has 0 bridgehead atoms. The number of methoxy groups -OCH3 is 1. The maximum Gasteiger partial charge on any atom is 0.161 e. The first-order valence-corrected chi connectivity index (χ1v) is 7.52. The number of aromatic nitrogens is 2. The van der Waals surface area contributed by atoms with E-state index in [1.807, 2.05) is 11.7 Å². The van der Waals surface area contributed by atoms with Crippen LogP contribution in [0, 0.1) is 6.92 Å². The number of hydrogen-bond acceptors (Lipinski definition) is 3. The zero-order valence-corrected chi connectivity index (χ0v) is 13.4. The number of nitrogens with one attached hydrogen (secondary N) is 1. The van der Waals surface area contributed by atoms with E-state index in [2.05, 4.69) is 48.5 Å². The molecular weight excluding hydrogens is 262 g/mol. The number of hydrogen-bond donors (Lipinski definition) is 1. The summed E-state index contributed by atoms with van der Waals surface area (Å²) < 4.78 is 7.47. The van der Waals surface area contributed by atoms with Gasteiger partial charge in [-0.2, -0.15) is 5.10 Å². The van der Waals surface area contributed by atoms with Crippen molar-refractivity contribution >= 4 is 0 Å². The highest BCUT2D eigenvalue weighted by Gasteiger charge is 2.20. The third-order valence-electron chi connectivity index (χ3n) is 4.01. The zero-order valence-electron chi connectivity index (χ0n) is 13.4. The lowest BCUT2D eigenvalue weighted by Gasteiger charge is -2.19. The van der Waals surface area contributed by atoms with Crippen molar-refractivity contribution in [1.82, 2.24) is 15.1 Å². The monoisotopic (exact) mass is 287 g/mol. The molecule has 2 rings (SSSR count). The van der Waals surface area contributed by atoms with Gasteiger partial charge in [-0.05, 0) is 44.9 Å². The largest absolute Gasteiger partial charge is 0.493 e. The quantitative estimate of drug-likeness (QED) is 0.850. The van der Waals surface area contributed by atoms with E-state index >= 15 is 0 Å². The Morgan fingerprint density at radius 1 is 1.33 bits per heavy atom. The fraction of sp³-hybridized carbons (Fsp3) is 0.471. The second-order valence-electron chi connectivity index (χ2n) is 5.22. The van der Waals surface area contributed by atoms with Gasteiger partial charge >= 0.3 is 0 Å². The van der Waals surface area contributed by atoms with Crippen molar-refractivity contribution in [3.8, 4) is 5.75 Å². The van der Waals surface area contributed by atoms with Crippen LogP contribution in [-0.2, 0) is 13.0 Å². The number of rotatable bonds is 7. The highest BCUT2D eigenvalue weighted by Crippen LogP contribution is 2.28. The number of ether oxygens (including phenoxy) is 1. The van der Waals surface area contributed by atoms with E-state index in [0.29, 0.717) is 0 Å². The Kier molecular flexibility index (Phi) is 5.39. The van der Waals surface area contributed by atoms with E-state index in [9.17, 15) is 0 Å². The Balaban J connectivity index is 2.17. The van der Waals surface area contributed by atoms with Crippen LogP contribution in [0.1, 0.15) is 36.2 Å². The molecule has 0 aliphatic heterocycles. The van der Waals surface area contributed by atoms with Gasteiger partial charge in [0.15, 0.2) is 5.75 Å². The third-order valence-corrected chi connectivity index (χ3v) is 4.01. The van der Waals surface area contributed by atoms with Crippen molar-refractivity contribution in [1.29, 1.82) is 0 Å². The number of benzene rings is 1. The molecule has 0 aliphatic carbocycles. The first kappa shape index (κ1) is 15.6. The van der Waals surface area contributed by atoms with Crippen LogP contribution < -0.4 is 10.1 Å². The average Bonchev–Trinajstić information content (AvgIpc) is 2.92. The van der Waals surface area contributed by atoms with Crippen molar-refractivity contribution < 1.29 is 4.74 Å². The third kappa shape index (κ3) is 3.45. The molecule has 21 heavy (non-hydrogen) atoms. The molecule has 4 heteroatoms. The number of nitrogens with zero attached hydrogens (tertiary/aromatic N) is 2. The molecule has 1 N–H and O–H groups in total. The molecule has 2 aromatic rings. The van der Waals surface area contributed by atoms with E-state index in [1.165, 1.54) is 11.1 Å². The second-order valence-corrected chi connectivity index (χ2v) is 5.22. The summed E-state index contributed by atoms with van der Waals surface area (Å²) in [6.07, 6.45) is 3.86. The maximum absolute atomic E-state index is 5.46. The normalized spacial score (nSPS) is 12.4. The molecular formula is C17H25N3O. The zero-order chi connectivity index (χ0) is 15.2. The molecule has 114 valence electrons. The van der Waals surface area contributed by atoms with Crippen LogP contribution >= 0.6 is 0 Å². The van der Waals surface area contributed by atoms with Gasteiger partial charge in [0, 0.05) is 6.54 Å². The van der Waals surface area contributed by atoms with Gasteiger partial charge in [0.05, 0.1) is 25.0 Å². The lowest BCUT2D eigenvalue weighted by Crippen LogP contribution is -2.21. The Morgan fingerprint density at radius 2 is 2.10 bits per heavy atom. The van der Waals surface area contributed by atoms with E-state index in [-0.39, 0.29) is 6.04 Å². The molecule has 1 atom stereocenters. The average molecular weight is 287 g/mol. The fourth-order valence-electron chi connectivity index (χ4n) is 2.75. The summed E-state index contributed by atoms with van der Waals surface area (Å²) in [4.78, 5) is 0. The summed E-state index contributed by atoms with van der Waals surface area (Å²) in [6, 6.07) is 8.80. The van der Waals surface area contributed by atoms with Crippen LogP contribution in [0.4, 0.5) is 0 Å². The highest BCUT2D eigenvalue weighted by molar-refractivity contribution is 5.30. The van der Waals surface area contributed by atoms with Crippen LogP contribution in [0.3, 0.4) is 0 Å². The smallest absolute Gasteiger partial charge is 0.161 e. The Morgan fingerprint density at radius 3 is 2.71 bits per heavy atom. The van der Waals surface area contributed by atoms with Gasteiger partial charge in [-0.25, -0.2) is 0 Å². The van der Waals surface area contributed by atoms with Gasteiger partial charge < -0.3 is 10.1 Å². The van der Waals surface area contributed by atoms with Crippen LogP contribution in [0.15, 0.2) is 30.5 Å². The summed E-state index contributed by atoms with van der Waals surface area (Å²) in [5.41, 5.74) is 3.89. The Hall–Kier alpha value is -1.81. The predicted octanol–water partition coefficient (Wildman–Crippen LogP) is 3.11. The van der Waals surface area contributed by atoms with E-state index in [1.54, 1.807) is 13.3 Å². The lowest BCUT2D eigenvalue weighted by atomic mass is 9.99. The first-order chi connectivity index (χ1) is 10.2. The topological polar surface area (TPSA) is 39.1 Å². The summed E-state index contributed by atoms with van der Waals surface area (Å²) in [7, 11) is 3.70. The van der Waals surface area contributed by atoms with Crippen molar-refractivity contribution in [2.75, 3.05) is 14.2 Å². The first-order valence-electron chi connectivity index (χ1n) is 7.52. The Bertz CT molecular complexity index is 556. The van der Waals surface area contributed by atoms with Crippen molar-refractivity contribution in [2.45, 2.75) is 39.3 Å². The standard InChI is InChI=1S/C17H25N3O/c1-5-20-17(16(21-4)12-19-20)15(18-3)11-10-14-9-7-6-8-13(14)2/h6-9,12,15,18H,5,10-11H2,1-4H3. The van der Waals surface area contributed by atoms with Crippen molar-refractivity contribution in [3.05, 3.63) is 47.3 Å². The fourth-order valence-corrected chi connectivity index (χ4v) is 2.75. The minimum absolute atomic E-state index is 0.238. The molecule has 1 unspecified atom stereocenters. The van der Waals surface area contributed by atoms with Gasteiger partial charge in [-0.15, -0.1) is 0 Å². The number of aryl methyl sites for hydroxylation is 3. The van der Waals surface area contributed by atoms with Gasteiger partial charge in [-0.1, -0.05) is 24.3 Å². The summed E-state index contributed by atoms with van der Waals surface area (Å²) in [6.45, 7) is 5.12.